The van der Waals surface area contributed by atoms with E-state index in [1.807, 2.05) is 6.92 Å². The van der Waals surface area contributed by atoms with Gasteiger partial charge in [-0.1, -0.05) is 117 Å². The average molecular weight is 424 g/mol. The van der Waals surface area contributed by atoms with Gasteiger partial charge < -0.3 is 10.5 Å². The van der Waals surface area contributed by atoms with Crippen molar-refractivity contribution in [3.63, 3.8) is 0 Å². The summed E-state index contributed by atoms with van der Waals surface area (Å²) in [7, 11) is 0. The molecule has 0 aliphatic carbocycles. The molecule has 0 atom stereocenters. The predicted octanol–water partition coefficient (Wildman–Crippen LogP) is 7.39. The average Bonchev–Trinajstić information content (AvgIpc) is 2.72. The van der Waals surface area contributed by atoms with Crippen molar-refractivity contribution in [2.45, 2.75) is 136 Å². The Bertz CT molecular complexity index is 446. The lowest BCUT2D eigenvalue weighted by Crippen LogP contribution is -2.14. The Labute approximate surface area is 186 Å². The SMILES string of the molecule is CCCCCCCCCCCCCCCCCCC(=CC(N)=O)C(=O)OCCCC. The second-order valence-electron chi connectivity index (χ2n) is 8.61. The van der Waals surface area contributed by atoms with Gasteiger partial charge in [0.05, 0.1) is 6.61 Å². The summed E-state index contributed by atoms with van der Waals surface area (Å²) in [4.78, 5) is 23.2. The summed E-state index contributed by atoms with van der Waals surface area (Å²) in [5, 5.41) is 0. The van der Waals surface area contributed by atoms with E-state index < -0.39 is 5.91 Å². The molecule has 30 heavy (non-hydrogen) atoms. The Morgan fingerprint density at radius 1 is 0.633 bits per heavy atom. The van der Waals surface area contributed by atoms with Gasteiger partial charge in [0, 0.05) is 11.6 Å². The van der Waals surface area contributed by atoms with Crippen LogP contribution >= 0.6 is 0 Å². The van der Waals surface area contributed by atoms with E-state index in [0.717, 1.165) is 25.7 Å². The lowest BCUT2D eigenvalue weighted by molar-refractivity contribution is -0.139. The van der Waals surface area contributed by atoms with E-state index in [1.165, 1.54) is 96.0 Å². The van der Waals surface area contributed by atoms with E-state index in [2.05, 4.69) is 6.92 Å². The van der Waals surface area contributed by atoms with E-state index >= 15 is 0 Å². The highest BCUT2D eigenvalue weighted by Crippen LogP contribution is 2.16. The van der Waals surface area contributed by atoms with Gasteiger partial charge in [0.2, 0.25) is 5.91 Å². The second-order valence-corrected chi connectivity index (χ2v) is 8.61. The van der Waals surface area contributed by atoms with Crippen LogP contribution < -0.4 is 5.73 Å². The fourth-order valence-electron chi connectivity index (χ4n) is 3.67. The van der Waals surface area contributed by atoms with Crippen LogP contribution in [0.3, 0.4) is 0 Å². The molecule has 176 valence electrons. The number of carbonyl (C=O) groups excluding carboxylic acids is 2. The molecule has 4 heteroatoms. The third kappa shape index (κ3) is 20.0. The monoisotopic (exact) mass is 423 g/mol. The van der Waals surface area contributed by atoms with Crippen molar-refractivity contribution in [1.29, 1.82) is 0 Å². The molecule has 0 aliphatic rings. The highest BCUT2D eigenvalue weighted by atomic mass is 16.5. The molecule has 0 bridgehead atoms. The van der Waals surface area contributed by atoms with Crippen LogP contribution in [0.15, 0.2) is 11.6 Å². The van der Waals surface area contributed by atoms with Crippen molar-refractivity contribution < 1.29 is 14.3 Å². The number of primary amides is 1. The van der Waals surface area contributed by atoms with Crippen LogP contribution in [0.1, 0.15) is 136 Å². The topological polar surface area (TPSA) is 69.4 Å². The van der Waals surface area contributed by atoms with Crippen molar-refractivity contribution in [3.8, 4) is 0 Å². The van der Waals surface area contributed by atoms with Gasteiger partial charge in [-0.15, -0.1) is 0 Å². The highest BCUT2D eigenvalue weighted by molar-refractivity contribution is 5.97. The summed E-state index contributed by atoms with van der Waals surface area (Å²) in [5.41, 5.74) is 5.64. The maximum atomic E-state index is 12.0. The Morgan fingerprint density at radius 3 is 1.43 bits per heavy atom. The summed E-state index contributed by atoms with van der Waals surface area (Å²) in [6.45, 7) is 4.72. The number of hydrogen-bond acceptors (Lipinski definition) is 3. The van der Waals surface area contributed by atoms with Crippen molar-refractivity contribution in [1.82, 2.24) is 0 Å². The Morgan fingerprint density at radius 2 is 1.03 bits per heavy atom. The molecule has 0 aromatic carbocycles. The maximum absolute atomic E-state index is 12.0. The lowest BCUT2D eigenvalue weighted by Gasteiger charge is -2.08. The highest BCUT2D eigenvalue weighted by Gasteiger charge is 2.12. The van der Waals surface area contributed by atoms with E-state index in [0.29, 0.717) is 18.6 Å². The van der Waals surface area contributed by atoms with Gasteiger partial charge in [-0.05, 0) is 19.3 Å². The summed E-state index contributed by atoms with van der Waals surface area (Å²) < 4.78 is 5.21. The number of esters is 1. The molecule has 4 nitrogen and oxygen atoms in total. The molecular formula is C26H49NO3. The van der Waals surface area contributed by atoms with E-state index in [-0.39, 0.29) is 5.97 Å². The number of carbonyl (C=O) groups is 2. The normalized spacial score (nSPS) is 11.6. The third-order valence-electron chi connectivity index (χ3n) is 5.61. The minimum Gasteiger partial charge on any atom is -0.462 e. The molecule has 0 aromatic rings. The minimum atomic E-state index is -0.575. The summed E-state index contributed by atoms with van der Waals surface area (Å²) in [6.07, 6.45) is 24.7. The molecule has 2 N–H and O–H groups in total. The first-order chi connectivity index (χ1) is 14.6. The van der Waals surface area contributed by atoms with Crippen LogP contribution in [0.2, 0.25) is 0 Å². The first-order valence-corrected chi connectivity index (χ1v) is 12.8. The van der Waals surface area contributed by atoms with Crippen LogP contribution in [0.4, 0.5) is 0 Å². The molecule has 0 saturated heterocycles. The molecule has 0 radical (unpaired) electrons. The van der Waals surface area contributed by atoms with Crippen LogP contribution in [0, 0.1) is 0 Å². The standard InChI is InChI=1S/C26H49NO3/c1-3-5-7-8-9-10-11-12-13-14-15-16-17-18-19-20-21-24(23-25(27)28)26(29)30-22-6-4-2/h23H,3-22H2,1-2H3,(H2,27,28). The van der Waals surface area contributed by atoms with Gasteiger partial charge in [-0.25, -0.2) is 4.79 Å². The second kappa shape index (κ2) is 22.4. The van der Waals surface area contributed by atoms with Gasteiger partial charge in [-0.3, -0.25) is 4.79 Å². The van der Waals surface area contributed by atoms with Gasteiger partial charge in [0.25, 0.3) is 0 Å². The Kier molecular flexibility index (Phi) is 21.4. The predicted molar refractivity (Wildman–Crippen MR) is 127 cm³/mol. The summed E-state index contributed by atoms with van der Waals surface area (Å²) >= 11 is 0. The van der Waals surface area contributed by atoms with Crippen LogP contribution in [-0.4, -0.2) is 18.5 Å². The first-order valence-electron chi connectivity index (χ1n) is 12.8. The molecule has 0 spiro atoms. The van der Waals surface area contributed by atoms with Gasteiger partial charge >= 0.3 is 5.97 Å². The first kappa shape index (κ1) is 28.7. The zero-order valence-electron chi connectivity index (χ0n) is 20.0. The van der Waals surface area contributed by atoms with Crippen molar-refractivity contribution in [2.75, 3.05) is 6.61 Å². The van der Waals surface area contributed by atoms with Crippen molar-refractivity contribution in [2.24, 2.45) is 5.73 Å². The molecule has 0 saturated carbocycles. The Balaban J connectivity index is 3.57. The summed E-state index contributed by atoms with van der Waals surface area (Å²) in [5.74, 6) is -0.961. The van der Waals surface area contributed by atoms with Crippen LogP contribution in [0.5, 0.6) is 0 Å². The molecule has 0 aliphatic heterocycles. The molecule has 1 amide bonds. The van der Waals surface area contributed by atoms with Gasteiger partial charge in [0.1, 0.15) is 0 Å². The minimum absolute atomic E-state index is 0.386. The largest absolute Gasteiger partial charge is 0.462 e. The summed E-state index contributed by atoms with van der Waals surface area (Å²) in [6, 6.07) is 0. The van der Waals surface area contributed by atoms with Crippen LogP contribution in [-0.2, 0) is 14.3 Å². The molecule has 0 unspecified atom stereocenters. The third-order valence-corrected chi connectivity index (χ3v) is 5.61. The van der Waals surface area contributed by atoms with E-state index in [9.17, 15) is 9.59 Å². The quantitative estimate of drug-likeness (QED) is 0.112. The molecule has 0 aromatic heterocycles. The number of amides is 1. The number of rotatable bonds is 22. The molecule has 0 fully saturated rings. The fraction of sp³-hybridized carbons (Fsp3) is 0.846. The zero-order chi connectivity index (χ0) is 22.3. The lowest BCUT2D eigenvalue weighted by atomic mass is 10.0. The van der Waals surface area contributed by atoms with E-state index in [4.69, 9.17) is 10.5 Å². The smallest absolute Gasteiger partial charge is 0.334 e. The number of ether oxygens (including phenoxy) is 1. The molecule has 0 heterocycles. The molecule has 0 rings (SSSR count). The van der Waals surface area contributed by atoms with Crippen LogP contribution in [0.25, 0.3) is 0 Å². The zero-order valence-corrected chi connectivity index (χ0v) is 20.0. The number of unbranched alkanes of at least 4 members (excludes halogenated alkanes) is 16. The number of hydrogen-bond donors (Lipinski definition) is 1. The Hall–Kier alpha value is -1.32. The van der Waals surface area contributed by atoms with Gasteiger partial charge in [-0.2, -0.15) is 0 Å². The van der Waals surface area contributed by atoms with Crippen molar-refractivity contribution in [3.05, 3.63) is 11.6 Å². The number of nitrogens with two attached hydrogens (primary N) is 1. The molecular weight excluding hydrogens is 374 g/mol. The maximum Gasteiger partial charge on any atom is 0.334 e. The van der Waals surface area contributed by atoms with Gasteiger partial charge in [0.15, 0.2) is 0 Å². The van der Waals surface area contributed by atoms with E-state index in [1.54, 1.807) is 0 Å². The fourth-order valence-corrected chi connectivity index (χ4v) is 3.67. The van der Waals surface area contributed by atoms with Crippen molar-refractivity contribution >= 4 is 11.9 Å².